The SMILES string of the molecule is CCCc1cc(OC)cc2cc(-c3ccc(OC)cc3)oc12. The molecule has 0 amide bonds. The van der Waals surface area contributed by atoms with Gasteiger partial charge in [0.1, 0.15) is 22.8 Å². The lowest BCUT2D eigenvalue weighted by molar-refractivity contribution is 0.414. The van der Waals surface area contributed by atoms with E-state index >= 15 is 0 Å². The first-order valence-electron chi connectivity index (χ1n) is 7.50. The zero-order valence-electron chi connectivity index (χ0n) is 13.2. The van der Waals surface area contributed by atoms with Crippen LogP contribution in [0.3, 0.4) is 0 Å². The third-order valence-corrected chi connectivity index (χ3v) is 3.80. The quantitative estimate of drug-likeness (QED) is 0.658. The summed E-state index contributed by atoms with van der Waals surface area (Å²) in [7, 11) is 3.36. The molecule has 114 valence electrons. The topological polar surface area (TPSA) is 31.6 Å². The van der Waals surface area contributed by atoms with Crippen molar-refractivity contribution >= 4 is 11.0 Å². The van der Waals surface area contributed by atoms with Gasteiger partial charge in [0.2, 0.25) is 0 Å². The van der Waals surface area contributed by atoms with Gasteiger partial charge in [-0.05, 0) is 54.4 Å². The summed E-state index contributed by atoms with van der Waals surface area (Å²) in [5.74, 6) is 2.58. The molecule has 0 spiro atoms. The van der Waals surface area contributed by atoms with Gasteiger partial charge in [-0.1, -0.05) is 13.3 Å². The van der Waals surface area contributed by atoms with E-state index in [2.05, 4.69) is 19.1 Å². The fraction of sp³-hybridized carbons (Fsp3) is 0.263. The van der Waals surface area contributed by atoms with E-state index in [1.54, 1.807) is 14.2 Å². The first kappa shape index (κ1) is 14.5. The monoisotopic (exact) mass is 296 g/mol. The molecule has 1 heterocycles. The highest BCUT2D eigenvalue weighted by Crippen LogP contribution is 2.34. The van der Waals surface area contributed by atoms with Crippen LogP contribution >= 0.6 is 0 Å². The van der Waals surface area contributed by atoms with Gasteiger partial charge in [0.25, 0.3) is 0 Å². The molecule has 0 aliphatic rings. The molecule has 3 nitrogen and oxygen atoms in total. The third kappa shape index (κ3) is 2.67. The minimum atomic E-state index is 0.841. The van der Waals surface area contributed by atoms with E-state index < -0.39 is 0 Å². The number of aryl methyl sites for hydroxylation is 1. The predicted octanol–water partition coefficient (Wildman–Crippen LogP) is 5.07. The number of rotatable bonds is 5. The highest BCUT2D eigenvalue weighted by Gasteiger charge is 2.12. The molecule has 0 radical (unpaired) electrons. The van der Waals surface area contributed by atoms with Crippen molar-refractivity contribution in [2.45, 2.75) is 19.8 Å². The van der Waals surface area contributed by atoms with Gasteiger partial charge in [0.15, 0.2) is 0 Å². The maximum atomic E-state index is 6.11. The maximum absolute atomic E-state index is 6.11. The summed E-state index contributed by atoms with van der Waals surface area (Å²) in [5, 5.41) is 1.08. The van der Waals surface area contributed by atoms with Gasteiger partial charge in [0, 0.05) is 10.9 Å². The van der Waals surface area contributed by atoms with Crippen LogP contribution in [0, 0.1) is 0 Å². The van der Waals surface area contributed by atoms with Crippen LogP contribution in [-0.2, 0) is 6.42 Å². The lowest BCUT2D eigenvalue weighted by Gasteiger charge is -2.04. The number of methoxy groups -OCH3 is 2. The van der Waals surface area contributed by atoms with Gasteiger partial charge in [-0.2, -0.15) is 0 Å². The Kier molecular flexibility index (Phi) is 4.05. The molecule has 0 aliphatic carbocycles. The number of fused-ring (bicyclic) bond motifs is 1. The summed E-state index contributed by atoms with van der Waals surface area (Å²) in [6.45, 7) is 2.17. The van der Waals surface area contributed by atoms with E-state index in [-0.39, 0.29) is 0 Å². The van der Waals surface area contributed by atoms with Crippen LogP contribution in [0.25, 0.3) is 22.3 Å². The fourth-order valence-corrected chi connectivity index (χ4v) is 2.67. The molecule has 0 aliphatic heterocycles. The van der Waals surface area contributed by atoms with Crippen molar-refractivity contribution in [3.63, 3.8) is 0 Å². The Morgan fingerprint density at radius 2 is 1.64 bits per heavy atom. The van der Waals surface area contributed by atoms with Crippen molar-refractivity contribution in [3.05, 3.63) is 48.0 Å². The minimum absolute atomic E-state index is 0.841. The molecule has 0 N–H and O–H groups in total. The van der Waals surface area contributed by atoms with Crippen molar-refractivity contribution in [1.82, 2.24) is 0 Å². The van der Waals surface area contributed by atoms with E-state index in [1.165, 1.54) is 5.56 Å². The van der Waals surface area contributed by atoms with E-state index in [0.717, 1.165) is 46.6 Å². The molecule has 1 aromatic heterocycles. The molecule has 0 saturated carbocycles. The Balaban J connectivity index is 2.09. The minimum Gasteiger partial charge on any atom is -0.497 e. The molecule has 22 heavy (non-hydrogen) atoms. The Bertz CT molecular complexity index is 769. The van der Waals surface area contributed by atoms with Crippen molar-refractivity contribution < 1.29 is 13.9 Å². The highest BCUT2D eigenvalue weighted by atomic mass is 16.5. The summed E-state index contributed by atoms with van der Waals surface area (Å²) in [6, 6.07) is 14.0. The molecule has 3 rings (SSSR count). The van der Waals surface area contributed by atoms with E-state index in [4.69, 9.17) is 13.9 Å². The number of hydrogen-bond acceptors (Lipinski definition) is 3. The summed E-state index contributed by atoms with van der Waals surface area (Å²) in [5.41, 5.74) is 3.18. The summed E-state index contributed by atoms with van der Waals surface area (Å²) >= 11 is 0. The Morgan fingerprint density at radius 1 is 0.909 bits per heavy atom. The first-order chi connectivity index (χ1) is 10.7. The highest BCUT2D eigenvalue weighted by molar-refractivity contribution is 5.86. The van der Waals surface area contributed by atoms with Crippen LogP contribution in [0.1, 0.15) is 18.9 Å². The third-order valence-electron chi connectivity index (χ3n) is 3.80. The molecule has 0 unspecified atom stereocenters. The molecular weight excluding hydrogens is 276 g/mol. The van der Waals surface area contributed by atoms with E-state index in [0.29, 0.717) is 0 Å². The van der Waals surface area contributed by atoms with E-state index in [9.17, 15) is 0 Å². The van der Waals surface area contributed by atoms with Crippen LogP contribution in [0.2, 0.25) is 0 Å². The zero-order valence-corrected chi connectivity index (χ0v) is 13.2. The second-order valence-corrected chi connectivity index (χ2v) is 5.29. The second kappa shape index (κ2) is 6.14. The Labute approximate surface area is 130 Å². The maximum Gasteiger partial charge on any atom is 0.138 e. The van der Waals surface area contributed by atoms with Crippen LogP contribution in [0.15, 0.2) is 46.9 Å². The van der Waals surface area contributed by atoms with Gasteiger partial charge < -0.3 is 13.9 Å². The average molecular weight is 296 g/mol. The van der Waals surface area contributed by atoms with Crippen LogP contribution in [-0.4, -0.2) is 14.2 Å². The van der Waals surface area contributed by atoms with Crippen molar-refractivity contribution in [1.29, 1.82) is 0 Å². The normalized spacial score (nSPS) is 10.9. The predicted molar refractivity (Wildman–Crippen MR) is 88.7 cm³/mol. The molecule has 3 aromatic rings. The Morgan fingerprint density at radius 3 is 2.27 bits per heavy atom. The number of ether oxygens (including phenoxy) is 2. The summed E-state index contributed by atoms with van der Waals surface area (Å²) in [4.78, 5) is 0. The van der Waals surface area contributed by atoms with Crippen molar-refractivity contribution in [2.24, 2.45) is 0 Å². The van der Waals surface area contributed by atoms with Gasteiger partial charge in [-0.15, -0.1) is 0 Å². The smallest absolute Gasteiger partial charge is 0.138 e. The summed E-state index contributed by atoms with van der Waals surface area (Å²) in [6.07, 6.45) is 2.05. The molecule has 0 atom stereocenters. The second-order valence-electron chi connectivity index (χ2n) is 5.29. The zero-order chi connectivity index (χ0) is 15.5. The van der Waals surface area contributed by atoms with Crippen LogP contribution in [0.5, 0.6) is 11.5 Å². The molecule has 3 heteroatoms. The lowest BCUT2D eigenvalue weighted by atomic mass is 10.1. The van der Waals surface area contributed by atoms with Gasteiger partial charge in [-0.25, -0.2) is 0 Å². The van der Waals surface area contributed by atoms with Crippen molar-refractivity contribution in [3.8, 4) is 22.8 Å². The van der Waals surface area contributed by atoms with Crippen molar-refractivity contribution in [2.75, 3.05) is 14.2 Å². The lowest BCUT2D eigenvalue weighted by Crippen LogP contribution is -1.88. The molecule has 0 bridgehead atoms. The first-order valence-corrected chi connectivity index (χ1v) is 7.50. The summed E-state index contributed by atoms with van der Waals surface area (Å²) < 4.78 is 16.7. The molecule has 2 aromatic carbocycles. The number of benzene rings is 2. The molecule has 0 saturated heterocycles. The number of furan rings is 1. The average Bonchev–Trinajstić information content (AvgIpc) is 2.99. The van der Waals surface area contributed by atoms with Crippen LogP contribution in [0.4, 0.5) is 0 Å². The molecule has 0 fully saturated rings. The van der Waals surface area contributed by atoms with Gasteiger partial charge >= 0.3 is 0 Å². The fourth-order valence-electron chi connectivity index (χ4n) is 2.67. The molecular formula is C19H20O3. The van der Waals surface area contributed by atoms with Crippen LogP contribution < -0.4 is 9.47 Å². The number of hydrogen-bond donors (Lipinski definition) is 0. The Hall–Kier alpha value is -2.42. The van der Waals surface area contributed by atoms with E-state index in [1.807, 2.05) is 30.3 Å². The largest absolute Gasteiger partial charge is 0.497 e. The van der Waals surface area contributed by atoms with Gasteiger partial charge in [0.05, 0.1) is 14.2 Å². The standard InChI is InChI=1S/C19H20O3/c1-4-5-14-10-17(21-3)11-15-12-18(22-19(14)15)13-6-8-16(20-2)9-7-13/h6-12H,4-5H2,1-3H3. The van der Waals surface area contributed by atoms with Gasteiger partial charge in [-0.3, -0.25) is 0 Å².